The largest absolute Gasteiger partial charge is 0.469 e. The molecule has 0 amide bonds. The second kappa shape index (κ2) is 5.51. The van der Waals surface area contributed by atoms with E-state index in [1.54, 1.807) is 6.26 Å². The van der Waals surface area contributed by atoms with Crippen molar-refractivity contribution >= 4 is 0 Å². The van der Waals surface area contributed by atoms with Crippen molar-refractivity contribution < 1.29 is 4.42 Å². The summed E-state index contributed by atoms with van der Waals surface area (Å²) in [6, 6.07) is 2.74. The smallest absolute Gasteiger partial charge is 0.105 e. The molecule has 16 heavy (non-hydrogen) atoms. The number of aryl methyl sites for hydroxylation is 1. The molecule has 0 spiro atoms. The predicted octanol–water partition coefficient (Wildman–Crippen LogP) is 2.16. The van der Waals surface area contributed by atoms with E-state index >= 15 is 0 Å². The summed E-state index contributed by atoms with van der Waals surface area (Å²) in [6.07, 6.45) is 5.74. The quantitative estimate of drug-likeness (QED) is 0.849. The summed E-state index contributed by atoms with van der Waals surface area (Å²) in [4.78, 5) is 2.44. The predicted molar refractivity (Wildman–Crippen MR) is 65.4 cm³/mol. The zero-order valence-corrected chi connectivity index (χ0v) is 10.3. The van der Waals surface area contributed by atoms with Crippen molar-refractivity contribution in [1.29, 1.82) is 0 Å². The van der Waals surface area contributed by atoms with Crippen LogP contribution in [0.2, 0.25) is 0 Å². The van der Waals surface area contributed by atoms with Crippen LogP contribution in [-0.2, 0) is 6.54 Å². The molecule has 0 saturated carbocycles. The Kier molecular flexibility index (Phi) is 4.02. The highest BCUT2D eigenvalue weighted by Crippen LogP contribution is 2.16. The molecule has 2 heterocycles. The molecule has 1 aliphatic rings. The van der Waals surface area contributed by atoms with Crippen LogP contribution in [0.1, 0.15) is 30.6 Å². The molecule has 1 atom stereocenters. The molecule has 1 aromatic heterocycles. The first-order valence-electron chi connectivity index (χ1n) is 6.21. The maximum atomic E-state index is 5.34. The standard InChI is InChI=1S/C13H22N2O/c1-11-12(6-8-16-11)10-15(2)13-5-3-4-7-14-9-13/h6,8,13-14H,3-5,7,9-10H2,1-2H3. The Morgan fingerprint density at radius 3 is 3.12 bits per heavy atom. The van der Waals surface area contributed by atoms with E-state index in [2.05, 4.69) is 23.3 Å². The third-order valence-electron chi connectivity index (χ3n) is 3.53. The first-order valence-corrected chi connectivity index (χ1v) is 6.21. The molecule has 1 fully saturated rings. The Bertz CT molecular complexity index is 313. The first-order chi connectivity index (χ1) is 7.77. The minimum Gasteiger partial charge on any atom is -0.469 e. The van der Waals surface area contributed by atoms with E-state index in [9.17, 15) is 0 Å². The number of rotatable bonds is 3. The molecule has 1 unspecified atom stereocenters. The monoisotopic (exact) mass is 222 g/mol. The third kappa shape index (κ3) is 2.86. The molecule has 3 heteroatoms. The van der Waals surface area contributed by atoms with Crippen molar-refractivity contribution in [1.82, 2.24) is 10.2 Å². The minimum absolute atomic E-state index is 0.664. The van der Waals surface area contributed by atoms with Gasteiger partial charge in [-0.1, -0.05) is 6.42 Å². The van der Waals surface area contributed by atoms with Gasteiger partial charge in [0.25, 0.3) is 0 Å². The highest BCUT2D eigenvalue weighted by atomic mass is 16.3. The van der Waals surface area contributed by atoms with Crippen LogP contribution in [0.25, 0.3) is 0 Å². The number of hydrogen-bond acceptors (Lipinski definition) is 3. The van der Waals surface area contributed by atoms with E-state index in [0.29, 0.717) is 6.04 Å². The van der Waals surface area contributed by atoms with Gasteiger partial charge >= 0.3 is 0 Å². The van der Waals surface area contributed by atoms with Crippen molar-refractivity contribution in [2.45, 2.75) is 38.8 Å². The molecule has 0 radical (unpaired) electrons. The Morgan fingerprint density at radius 2 is 2.38 bits per heavy atom. The van der Waals surface area contributed by atoms with Crippen molar-refractivity contribution in [3.8, 4) is 0 Å². The van der Waals surface area contributed by atoms with Crippen LogP contribution in [-0.4, -0.2) is 31.1 Å². The summed E-state index contributed by atoms with van der Waals surface area (Å²) >= 11 is 0. The van der Waals surface area contributed by atoms with E-state index in [4.69, 9.17) is 4.42 Å². The lowest BCUT2D eigenvalue weighted by Crippen LogP contribution is -2.38. The number of furan rings is 1. The molecule has 2 rings (SSSR count). The van der Waals surface area contributed by atoms with Crippen molar-refractivity contribution in [2.24, 2.45) is 0 Å². The second-order valence-electron chi connectivity index (χ2n) is 4.77. The van der Waals surface area contributed by atoms with E-state index in [0.717, 1.165) is 18.8 Å². The molecule has 1 saturated heterocycles. The van der Waals surface area contributed by atoms with Gasteiger partial charge in [-0.25, -0.2) is 0 Å². The van der Waals surface area contributed by atoms with Crippen molar-refractivity contribution in [3.63, 3.8) is 0 Å². The molecule has 1 aromatic rings. The Labute approximate surface area is 97.8 Å². The van der Waals surface area contributed by atoms with Gasteiger partial charge in [0, 0.05) is 24.7 Å². The Balaban J connectivity index is 1.91. The van der Waals surface area contributed by atoms with Gasteiger partial charge in [0.1, 0.15) is 5.76 Å². The van der Waals surface area contributed by atoms with Crippen molar-refractivity contribution in [3.05, 3.63) is 23.7 Å². The second-order valence-corrected chi connectivity index (χ2v) is 4.77. The molecular weight excluding hydrogens is 200 g/mol. The van der Waals surface area contributed by atoms with Crippen LogP contribution < -0.4 is 5.32 Å². The molecule has 0 aliphatic carbocycles. The highest BCUT2D eigenvalue weighted by molar-refractivity contribution is 5.15. The minimum atomic E-state index is 0.664. The topological polar surface area (TPSA) is 28.4 Å². The van der Waals surface area contributed by atoms with Gasteiger partial charge in [-0.2, -0.15) is 0 Å². The number of nitrogens with zero attached hydrogens (tertiary/aromatic N) is 1. The number of nitrogens with one attached hydrogen (secondary N) is 1. The van der Waals surface area contributed by atoms with Crippen LogP contribution in [0.15, 0.2) is 16.7 Å². The van der Waals surface area contributed by atoms with Crippen LogP contribution in [0.3, 0.4) is 0 Å². The third-order valence-corrected chi connectivity index (χ3v) is 3.53. The zero-order chi connectivity index (χ0) is 11.4. The maximum Gasteiger partial charge on any atom is 0.105 e. The van der Waals surface area contributed by atoms with Gasteiger partial charge in [0.2, 0.25) is 0 Å². The average molecular weight is 222 g/mol. The van der Waals surface area contributed by atoms with E-state index in [1.807, 2.05) is 6.92 Å². The van der Waals surface area contributed by atoms with Gasteiger partial charge in [-0.15, -0.1) is 0 Å². The summed E-state index contributed by atoms with van der Waals surface area (Å²) in [6.45, 7) is 5.33. The molecular formula is C13H22N2O. The van der Waals surface area contributed by atoms with Gasteiger partial charge in [-0.05, 0) is 39.4 Å². The van der Waals surface area contributed by atoms with E-state index in [-0.39, 0.29) is 0 Å². The fraction of sp³-hybridized carbons (Fsp3) is 0.692. The van der Waals surface area contributed by atoms with Gasteiger partial charge in [0.15, 0.2) is 0 Å². The molecule has 1 N–H and O–H groups in total. The SMILES string of the molecule is Cc1occc1CN(C)C1CCCCNC1. The fourth-order valence-corrected chi connectivity index (χ4v) is 2.35. The molecule has 0 bridgehead atoms. The summed E-state index contributed by atoms with van der Waals surface area (Å²) in [7, 11) is 2.21. The summed E-state index contributed by atoms with van der Waals surface area (Å²) in [5.74, 6) is 1.05. The lowest BCUT2D eigenvalue weighted by molar-refractivity contribution is 0.221. The Hall–Kier alpha value is -0.800. The normalized spacial score (nSPS) is 22.3. The first kappa shape index (κ1) is 11.7. The van der Waals surface area contributed by atoms with Gasteiger partial charge in [-0.3, -0.25) is 4.90 Å². The van der Waals surface area contributed by atoms with Crippen molar-refractivity contribution in [2.75, 3.05) is 20.1 Å². The van der Waals surface area contributed by atoms with E-state index < -0.39 is 0 Å². The average Bonchev–Trinajstić information content (AvgIpc) is 2.57. The molecule has 3 nitrogen and oxygen atoms in total. The summed E-state index contributed by atoms with van der Waals surface area (Å²) in [5, 5.41) is 3.51. The maximum absolute atomic E-state index is 5.34. The number of likely N-dealkylation sites (N-methyl/N-ethyl adjacent to an activating group) is 1. The molecule has 0 aromatic carbocycles. The fourth-order valence-electron chi connectivity index (χ4n) is 2.35. The highest BCUT2D eigenvalue weighted by Gasteiger charge is 2.17. The lowest BCUT2D eigenvalue weighted by atomic mass is 10.1. The lowest BCUT2D eigenvalue weighted by Gasteiger charge is -2.26. The van der Waals surface area contributed by atoms with Crippen LogP contribution in [0.5, 0.6) is 0 Å². The van der Waals surface area contributed by atoms with Gasteiger partial charge in [0.05, 0.1) is 6.26 Å². The zero-order valence-electron chi connectivity index (χ0n) is 10.3. The number of hydrogen-bond donors (Lipinski definition) is 1. The molecule has 90 valence electrons. The van der Waals surface area contributed by atoms with E-state index in [1.165, 1.54) is 31.4 Å². The summed E-state index contributed by atoms with van der Waals surface area (Å²) in [5.41, 5.74) is 1.31. The van der Waals surface area contributed by atoms with Crippen LogP contribution in [0, 0.1) is 6.92 Å². The molecule has 1 aliphatic heterocycles. The van der Waals surface area contributed by atoms with Gasteiger partial charge < -0.3 is 9.73 Å². The Morgan fingerprint density at radius 1 is 1.50 bits per heavy atom. The van der Waals surface area contributed by atoms with Crippen LogP contribution >= 0.6 is 0 Å². The summed E-state index contributed by atoms with van der Waals surface area (Å²) < 4.78 is 5.34. The van der Waals surface area contributed by atoms with Crippen LogP contribution in [0.4, 0.5) is 0 Å².